The SMILES string of the molecule is CC(C)(C)OC(=O)N1CCN(CCNC(=O)CCc2ncc(-c3ccccc3F)o2)CC1. The fraction of sp³-hybridized carbons (Fsp3) is 0.522. The lowest BCUT2D eigenvalue weighted by Gasteiger charge is -2.35. The van der Waals surface area contributed by atoms with Crippen LogP contribution < -0.4 is 5.32 Å². The highest BCUT2D eigenvalue weighted by Gasteiger charge is 2.25. The summed E-state index contributed by atoms with van der Waals surface area (Å²) >= 11 is 0. The lowest BCUT2D eigenvalue weighted by atomic mass is 10.2. The van der Waals surface area contributed by atoms with Crippen LogP contribution in [0.5, 0.6) is 0 Å². The van der Waals surface area contributed by atoms with E-state index in [2.05, 4.69) is 15.2 Å². The largest absolute Gasteiger partial charge is 0.444 e. The highest BCUT2D eigenvalue weighted by atomic mass is 19.1. The van der Waals surface area contributed by atoms with Crippen LogP contribution >= 0.6 is 0 Å². The number of amides is 2. The van der Waals surface area contributed by atoms with Crippen LogP contribution in [0.15, 0.2) is 34.9 Å². The van der Waals surface area contributed by atoms with Crippen molar-refractivity contribution in [2.75, 3.05) is 39.3 Å². The number of aromatic nitrogens is 1. The first-order valence-corrected chi connectivity index (χ1v) is 10.9. The van der Waals surface area contributed by atoms with Crippen LogP contribution in [-0.4, -0.2) is 71.7 Å². The van der Waals surface area contributed by atoms with E-state index in [0.717, 1.165) is 13.1 Å². The van der Waals surface area contributed by atoms with Crippen LogP contribution in [0.25, 0.3) is 11.3 Å². The third-order valence-corrected chi connectivity index (χ3v) is 5.03. The van der Waals surface area contributed by atoms with E-state index in [1.54, 1.807) is 23.1 Å². The normalized spacial score (nSPS) is 14.9. The van der Waals surface area contributed by atoms with Gasteiger partial charge >= 0.3 is 6.09 Å². The Labute approximate surface area is 187 Å². The molecule has 2 amide bonds. The summed E-state index contributed by atoms with van der Waals surface area (Å²) in [7, 11) is 0. The van der Waals surface area contributed by atoms with E-state index in [-0.39, 0.29) is 24.2 Å². The first-order chi connectivity index (χ1) is 15.2. The van der Waals surface area contributed by atoms with Crippen molar-refractivity contribution in [3.05, 3.63) is 42.2 Å². The molecule has 9 heteroatoms. The Morgan fingerprint density at radius 2 is 1.91 bits per heavy atom. The maximum atomic E-state index is 13.8. The zero-order valence-electron chi connectivity index (χ0n) is 18.9. The number of carbonyl (C=O) groups is 2. The van der Waals surface area contributed by atoms with E-state index in [1.165, 1.54) is 12.3 Å². The van der Waals surface area contributed by atoms with E-state index >= 15 is 0 Å². The molecule has 1 aromatic carbocycles. The molecule has 2 heterocycles. The minimum atomic E-state index is -0.497. The number of halogens is 1. The summed E-state index contributed by atoms with van der Waals surface area (Å²) < 4.78 is 24.8. The molecule has 1 aliphatic rings. The van der Waals surface area contributed by atoms with Gasteiger partial charge in [0.2, 0.25) is 5.91 Å². The average molecular weight is 447 g/mol. The molecular weight excluding hydrogens is 415 g/mol. The first-order valence-electron chi connectivity index (χ1n) is 10.9. The summed E-state index contributed by atoms with van der Waals surface area (Å²) in [5.41, 5.74) is -0.148. The minimum Gasteiger partial charge on any atom is -0.444 e. The van der Waals surface area contributed by atoms with E-state index in [9.17, 15) is 14.0 Å². The first kappa shape index (κ1) is 23.7. The number of oxazole rings is 1. The molecule has 0 saturated carbocycles. The molecule has 3 rings (SSSR count). The molecule has 174 valence electrons. The summed E-state index contributed by atoms with van der Waals surface area (Å²) in [6, 6.07) is 6.33. The van der Waals surface area contributed by atoms with Gasteiger partial charge in [-0.1, -0.05) is 12.1 Å². The number of hydrogen-bond donors (Lipinski definition) is 1. The number of nitrogens with zero attached hydrogens (tertiary/aromatic N) is 3. The van der Waals surface area contributed by atoms with E-state index in [0.29, 0.717) is 49.8 Å². The third kappa shape index (κ3) is 7.05. The summed E-state index contributed by atoms with van der Waals surface area (Å²) in [5, 5.41) is 2.90. The van der Waals surface area contributed by atoms with Gasteiger partial charge in [-0.05, 0) is 32.9 Å². The Morgan fingerprint density at radius 3 is 2.59 bits per heavy atom. The highest BCUT2D eigenvalue weighted by molar-refractivity contribution is 5.76. The number of carbonyl (C=O) groups excluding carboxylic acids is 2. The van der Waals surface area contributed by atoms with Crippen LogP contribution in [0.3, 0.4) is 0 Å². The van der Waals surface area contributed by atoms with Gasteiger partial charge in [-0.15, -0.1) is 0 Å². The minimum absolute atomic E-state index is 0.0944. The number of ether oxygens (including phenoxy) is 1. The fourth-order valence-corrected chi connectivity index (χ4v) is 3.35. The van der Waals surface area contributed by atoms with Crippen LogP contribution in [0.4, 0.5) is 9.18 Å². The van der Waals surface area contributed by atoms with Crippen molar-refractivity contribution in [1.82, 2.24) is 20.1 Å². The summed E-state index contributed by atoms with van der Waals surface area (Å²) in [6.07, 6.45) is 1.77. The van der Waals surface area contributed by atoms with Gasteiger partial charge in [0.05, 0.1) is 11.8 Å². The van der Waals surface area contributed by atoms with Crippen molar-refractivity contribution >= 4 is 12.0 Å². The van der Waals surface area contributed by atoms with E-state index in [4.69, 9.17) is 9.15 Å². The van der Waals surface area contributed by atoms with E-state index < -0.39 is 5.60 Å². The number of nitrogens with one attached hydrogen (secondary N) is 1. The van der Waals surface area contributed by atoms with Crippen molar-refractivity contribution in [3.63, 3.8) is 0 Å². The second kappa shape index (κ2) is 10.6. The highest BCUT2D eigenvalue weighted by Crippen LogP contribution is 2.23. The maximum Gasteiger partial charge on any atom is 0.410 e. The second-order valence-corrected chi connectivity index (χ2v) is 8.76. The fourth-order valence-electron chi connectivity index (χ4n) is 3.35. The monoisotopic (exact) mass is 446 g/mol. The summed E-state index contributed by atoms with van der Waals surface area (Å²) in [5.74, 6) is 0.281. The molecule has 0 spiro atoms. The topological polar surface area (TPSA) is 87.9 Å². The zero-order chi connectivity index (χ0) is 23.1. The Hall–Kier alpha value is -2.94. The lowest BCUT2D eigenvalue weighted by molar-refractivity contribution is -0.121. The van der Waals surface area contributed by atoms with Gasteiger partial charge in [-0.2, -0.15) is 0 Å². The van der Waals surface area contributed by atoms with Gasteiger partial charge in [0, 0.05) is 52.1 Å². The molecule has 8 nitrogen and oxygen atoms in total. The molecule has 1 aromatic heterocycles. The van der Waals surface area contributed by atoms with Gasteiger partial charge in [-0.25, -0.2) is 14.2 Å². The Bertz CT molecular complexity index is 917. The van der Waals surface area contributed by atoms with Gasteiger partial charge in [0.25, 0.3) is 0 Å². The molecule has 2 aromatic rings. The third-order valence-electron chi connectivity index (χ3n) is 5.03. The number of rotatable bonds is 7. The Balaban J connectivity index is 1.33. The van der Waals surface area contributed by atoms with Crippen molar-refractivity contribution in [2.45, 2.75) is 39.2 Å². The quantitative estimate of drug-likeness (QED) is 0.703. The number of aryl methyl sites for hydroxylation is 1. The van der Waals surface area contributed by atoms with Gasteiger partial charge in [0.15, 0.2) is 11.7 Å². The van der Waals surface area contributed by atoms with Crippen LogP contribution in [-0.2, 0) is 16.0 Å². The lowest BCUT2D eigenvalue weighted by Crippen LogP contribution is -2.51. The predicted octanol–water partition coefficient (Wildman–Crippen LogP) is 3.08. The molecule has 1 saturated heterocycles. The number of piperazine rings is 1. The van der Waals surface area contributed by atoms with Gasteiger partial charge in [0.1, 0.15) is 11.4 Å². The molecule has 0 bridgehead atoms. The smallest absolute Gasteiger partial charge is 0.410 e. The molecule has 0 radical (unpaired) electrons. The molecule has 32 heavy (non-hydrogen) atoms. The molecular formula is C23H31FN4O4. The second-order valence-electron chi connectivity index (χ2n) is 8.76. The molecule has 0 aliphatic carbocycles. The van der Waals surface area contributed by atoms with Crippen LogP contribution in [0, 0.1) is 5.82 Å². The van der Waals surface area contributed by atoms with E-state index in [1.807, 2.05) is 20.8 Å². The van der Waals surface area contributed by atoms with Crippen molar-refractivity contribution < 1.29 is 23.1 Å². The van der Waals surface area contributed by atoms with Crippen LogP contribution in [0.2, 0.25) is 0 Å². The maximum absolute atomic E-state index is 13.8. The average Bonchev–Trinajstić information content (AvgIpc) is 3.21. The summed E-state index contributed by atoms with van der Waals surface area (Å²) in [6.45, 7) is 9.50. The molecule has 1 N–H and O–H groups in total. The zero-order valence-corrected chi connectivity index (χ0v) is 18.9. The molecule has 0 unspecified atom stereocenters. The molecule has 0 atom stereocenters. The van der Waals surface area contributed by atoms with Gasteiger partial charge < -0.3 is 19.4 Å². The van der Waals surface area contributed by atoms with Crippen molar-refractivity contribution in [3.8, 4) is 11.3 Å². The summed E-state index contributed by atoms with van der Waals surface area (Å²) in [4.78, 5) is 32.3. The van der Waals surface area contributed by atoms with Gasteiger partial charge in [-0.3, -0.25) is 9.69 Å². The standard InChI is InChI=1S/C23H31FN4O4/c1-23(2,3)32-22(30)28-14-12-27(13-15-28)11-10-25-20(29)8-9-21-26-16-19(31-21)17-6-4-5-7-18(17)24/h4-7,16H,8-15H2,1-3H3,(H,25,29). The molecule has 1 aliphatic heterocycles. The van der Waals surface area contributed by atoms with Crippen LogP contribution in [0.1, 0.15) is 33.1 Å². The van der Waals surface area contributed by atoms with Crippen molar-refractivity contribution in [2.24, 2.45) is 0 Å². The molecule has 1 fully saturated rings. The van der Waals surface area contributed by atoms with Crippen molar-refractivity contribution in [1.29, 1.82) is 0 Å². The number of hydrogen-bond acceptors (Lipinski definition) is 6. The Kier molecular flexibility index (Phi) is 7.84. The number of benzene rings is 1. The predicted molar refractivity (Wildman–Crippen MR) is 117 cm³/mol. The Morgan fingerprint density at radius 1 is 1.19 bits per heavy atom.